The van der Waals surface area contributed by atoms with Gasteiger partial charge in [-0.3, -0.25) is 9.89 Å². The van der Waals surface area contributed by atoms with Gasteiger partial charge in [0.25, 0.3) is 0 Å². The summed E-state index contributed by atoms with van der Waals surface area (Å²) in [5.74, 6) is 1.03. The molecule has 0 radical (unpaired) electrons. The van der Waals surface area contributed by atoms with E-state index in [0.717, 1.165) is 11.3 Å². The fourth-order valence-electron chi connectivity index (χ4n) is 1.43. The Bertz CT molecular complexity index is 530. The van der Waals surface area contributed by atoms with Gasteiger partial charge in [-0.15, -0.1) is 0 Å². The van der Waals surface area contributed by atoms with Crippen LogP contribution in [0, 0.1) is 0 Å². The number of H-pyrrole nitrogens is 1. The predicted molar refractivity (Wildman–Crippen MR) is 71.9 cm³/mol. The number of aromatic nitrogens is 3. The standard InChI is InChI=1S/C12H14N4O2S/c1-18-10-4-2-3-9(5-10)6-13-11(17)7-19-12-14-8-15-16-12/h2-5,8H,6-7H2,1H3,(H,13,17)(H,14,15,16). The molecular weight excluding hydrogens is 264 g/mol. The Hall–Kier alpha value is -2.02. The van der Waals surface area contributed by atoms with E-state index in [9.17, 15) is 4.79 Å². The Morgan fingerprint density at radius 3 is 3.16 bits per heavy atom. The van der Waals surface area contributed by atoms with Gasteiger partial charge in [-0.05, 0) is 17.7 Å². The average Bonchev–Trinajstić information content (AvgIpc) is 2.96. The molecule has 0 aliphatic heterocycles. The van der Waals surface area contributed by atoms with Crippen molar-refractivity contribution in [3.8, 4) is 5.75 Å². The van der Waals surface area contributed by atoms with Gasteiger partial charge >= 0.3 is 0 Å². The largest absolute Gasteiger partial charge is 0.497 e. The molecule has 2 N–H and O–H groups in total. The molecule has 100 valence electrons. The van der Waals surface area contributed by atoms with E-state index in [1.54, 1.807) is 7.11 Å². The molecule has 0 aliphatic rings. The fraction of sp³-hybridized carbons (Fsp3) is 0.250. The number of methoxy groups -OCH3 is 1. The van der Waals surface area contributed by atoms with Gasteiger partial charge in [-0.25, -0.2) is 4.98 Å². The van der Waals surface area contributed by atoms with E-state index in [1.165, 1.54) is 18.1 Å². The van der Waals surface area contributed by atoms with Crippen molar-refractivity contribution in [2.24, 2.45) is 0 Å². The van der Waals surface area contributed by atoms with Crippen molar-refractivity contribution in [1.29, 1.82) is 0 Å². The Balaban J connectivity index is 1.76. The molecule has 0 unspecified atom stereocenters. The number of aromatic amines is 1. The molecule has 1 heterocycles. The van der Waals surface area contributed by atoms with E-state index in [1.807, 2.05) is 24.3 Å². The minimum Gasteiger partial charge on any atom is -0.497 e. The Morgan fingerprint density at radius 1 is 1.53 bits per heavy atom. The summed E-state index contributed by atoms with van der Waals surface area (Å²) in [6.07, 6.45) is 1.41. The molecule has 1 aromatic heterocycles. The number of amides is 1. The smallest absolute Gasteiger partial charge is 0.230 e. The van der Waals surface area contributed by atoms with Crippen LogP contribution in [0.5, 0.6) is 5.75 Å². The van der Waals surface area contributed by atoms with Crippen molar-refractivity contribution < 1.29 is 9.53 Å². The van der Waals surface area contributed by atoms with Crippen LogP contribution in [0.1, 0.15) is 5.56 Å². The highest BCUT2D eigenvalue weighted by atomic mass is 32.2. The SMILES string of the molecule is COc1cccc(CNC(=O)CSc2ncn[nH]2)c1. The molecule has 0 bridgehead atoms. The molecule has 2 rings (SSSR count). The first-order chi connectivity index (χ1) is 9.28. The zero-order chi connectivity index (χ0) is 13.5. The first kappa shape index (κ1) is 13.4. The summed E-state index contributed by atoms with van der Waals surface area (Å²) >= 11 is 1.31. The molecule has 1 aromatic carbocycles. The maximum absolute atomic E-state index is 11.6. The molecule has 0 saturated carbocycles. The number of hydrogen-bond donors (Lipinski definition) is 2. The number of benzene rings is 1. The number of ether oxygens (including phenoxy) is 1. The van der Waals surface area contributed by atoms with Gasteiger partial charge in [0, 0.05) is 6.54 Å². The number of carbonyl (C=O) groups is 1. The summed E-state index contributed by atoms with van der Waals surface area (Å²) in [6, 6.07) is 7.59. The summed E-state index contributed by atoms with van der Waals surface area (Å²) in [7, 11) is 1.62. The number of carbonyl (C=O) groups excluding carboxylic acids is 1. The highest BCUT2D eigenvalue weighted by Gasteiger charge is 2.04. The van der Waals surface area contributed by atoms with Gasteiger partial charge in [-0.2, -0.15) is 5.10 Å². The van der Waals surface area contributed by atoms with Gasteiger partial charge in [0.1, 0.15) is 12.1 Å². The van der Waals surface area contributed by atoms with Gasteiger partial charge in [0.2, 0.25) is 5.91 Å². The molecule has 6 nitrogen and oxygen atoms in total. The molecule has 7 heteroatoms. The molecule has 1 amide bonds. The number of nitrogens with zero attached hydrogens (tertiary/aromatic N) is 2. The normalized spacial score (nSPS) is 10.2. The lowest BCUT2D eigenvalue weighted by atomic mass is 10.2. The number of rotatable bonds is 6. The second-order valence-electron chi connectivity index (χ2n) is 3.71. The minimum absolute atomic E-state index is 0.0516. The second-order valence-corrected chi connectivity index (χ2v) is 4.67. The molecule has 2 aromatic rings. The number of thioether (sulfide) groups is 1. The highest BCUT2D eigenvalue weighted by Crippen LogP contribution is 2.13. The Morgan fingerprint density at radius 2 is 2.42 bits per heavy atom. The van der Waals surface area contributed by atoms with Crippen LogP contribution in [-0.4, -0.2) is 34.0 Å². The monoisotopic (exact) mass is 278 g/mol. The minimum atomic E-state index is -0.0516. The van der Waals surface area contributed by atoms with E-state index in [2.05, 4.69) is 20.5 Å². The van der Waals surface area contributed by atoms with Crippen molar-refractivity contribution >= 4 is 17.7 Å². The van der Waals surface area contributed by atoms with Crippen LogP contribution in [0.25, 0.3) is 0 Å². The first-order valence-corrected chi connectivity index (χ1v) is 6.64. The number of nitrogens with one attached hydrogen (secondary N) is 2. The van der Waals surface area contributed by atoms with Crippen LogP contribution in [0.2, 0.25) is 0 Å². The van der Waals surface area contributed by atoms with E-state index in [-0.39, 0.29) is 5.91 Å². The Labute approximate surface area is 115 Å². The van der Waals surface area contributed by atoms with Crippen LogP contribution in [0.15, 0.2) is 35.7 Å². The summed E-state index contributed by atoms with van der Waals surface area (Å²) in [4.78, 5) is 15.6. The molecule has 0 aliphatic carbocycles. The lowest BCUT2D eigenvalue weighted by Crippen LogP contribution is -2.24. The predicted octanol–water partition coefficient (Wildman–Crippen LogP) is 1.22. The topological polar surface area (TPSA) is 79.9 Å². The zero-order valence-corrected chi connectivity index (χ0v) is 11.2. The maximum atomic E-state index is 11.6. The van der Waals surface area contributed by atoms with Crippen LogP contribution in [0.3, 0.4) is 0 Å². The van der Waals surface area contributed by atoms with E-state index >= 15 is 0 Å². The highest BCUT2D eigenvalue weighted by molar-refractivity contribution is 7.99. The van der Waals surface area contributed by atoms with Gasteiger partial charge in [0.15, 0.2) is 5.16 Å². The summed E-state index contributed by atoms with van der Waals surface area (Å²) < 4.78 is 5.12. The molecule has 0 saturated heterocycles. The molecular formula is C12H14N4O2S. The van der Waals surface area contributed by atoms with Crippen molar-refractivity contribution in [3.05, 3.63) is 36.2 Å². The Kier molecular flexibility index (Phi) is 4.79. The fourth-order valence-corrected chi connectivity index (χ4v) is 2.04. The van der Waals surface area contributed by atoms with Gasteiger partial charge < -0.3 is 10.1 Å². The van der Waals surface area contributed by atoms with E-state index in [0.29, 0.717) is 17.5 Å². The maximum Gasteiger partial charge on any atom is 0.230 e. The second kappa shape index (κ2) is 6.79. The number of hydrogen-bond acceptors (Lipinski definition) is 5. The van der Waals surface area contributed by atoms with E-state index in [4.69, 9.17) is 4.74 Å². The van der Waals surface area contributed by atoms with Crippen molar-refractivity contribution in [2.75, 3.05) is 12.9 Å². The third-order valence-corrected chi connectivity index (χ3v) is 3.23. The van der Waals surface area contributed by atoms with Crippen molar-refractivity contribution in [2.45, 2.75) is 11.7 Å². The molecule has 0 spiro atoms. The molecule has 19 heavy (non-hydrogen) atoms. The van der Waals surface area contributed by atoms with Gasteiger partial charge in [-0.1, -0.05) is 23.9 Å². The van der Waals surface area contributed by atoms with E-state index < -0.39 is 0 Å². The quantitative estimate of drug-likeness (QED) is 0.777. The van der Waals surface area contributed by atoms with Gasteiger partial charge in [0.05, 0.1) is 12.9 Å². The summed E-state index contributed by atoms with van der Waals surface area (Å²) in [6.45, 7) is 0.479. The first-order valence-electron chi connectivity index (χ1n) is 5.65. The molecule has 0 atom stereocenters. The summed E-state index contributed by atoms with van der Waals surface area (Å²) in [5, 5.41) is 9.87. The van der Waals surface area contributed by atoms with Crippen LogP contribution >= 0.6 is 11.8 Å². The average molecular weight is 278 g/mol. The van der Waals surface area contributed by atoms with Crippen LogP contribution < -0.4 is 10.1 Å². The van der Waals surface area contributed by atoms with Crippen molar-refractivity contribution in [3.63, 3.8) is 0 Å². The lowest BCUT2D eigenvalue weighted by Gasteiger charge is -2.06. The zero-order valence-electron chi connectivity index (χ0n) is 10.4. The van der Waals surface area contributed by atoms with Crippen molar-refractivity contribution in [1.82, 2.24) is 20.5 Å². The lowest BCUT2D eigenvalue weighted by molar-refractivity contribution is -0.118. The molecule has 0 fully saturated rings. The van der Waals surface area contributed by atoms with Crippen LogP contribution in [-0.2, 0) is 11.3 Å². The summed E-state index contributed by atoms with van der Waals surface area (Å²) in [5.41, 5.74) is 0.998. The third kappa shape index (κ3) is 4.29. The third-order valence-electron chi connectivity index (χ3n) is 2.36. The van der Waals surface area contributed by atoms with Crippen LogP contribution in [0.4, 0.5) is 0 Å².